The number of nitriles is 1. The van der Waals surface area contributed by atoms with Gasteiger partial charge in [-0.25, -0.2) is 0 Å². The van der Waals surface area contributed by atoms with Crippen LogP contribution in [0, 0.1) is 17.2 Å². The van der Waals surface area contributed by atoms with E-state index in [0.29, 0.717) is 13.2 Å². The maximum absolute atomic E-state index is 10.1. The zero-order chi connectivity index (χ0) is 20.2. The van der Waals surface area contributed by atoms with Crippen molar-refractivity contribution in [3.05, 3.63) is 96.1 Å². The average Bonchev–Trinajstić information content (AvgIpc) is 3.36. The van der Waals surface area contributed by atoms with E-state index in [1.807, 2.05) is 24.3 Å². The predicted octanol–water partition coefficient (Wildman–Crippen LogP) is 5.54. The van der Waals surface area contributed by atoms with E-state index in [4.69, 9.17) is 9.47 Å². The summed E-state index contributed by atoms with van der Waals surface area (Å²) in [5.74, 6) is 1.28. The molecule has 0 amide bonds. The summed E-state index contributed by atoms with van der Waals surface area (Å²) >= 11 is 0. The Bertz CT molecular complexity index is 989. The quantitative estimate of drug-likeness (QED) is 0.564. The fraction of sp³-hybridized carbons (Fsp3) is 0.192. The maximum atomic E-state index is 10.1. The van der Waals surface area contributed by atoms with Crippen molar-refractivity contribution in [3.8, 4) is 17.6 Å². The molecule has 4 rings (SSSR count). The van der Waals surface area contributed by atoms with Crippen molar-refractivity contribution in [2.24, 2.45) is 5.92 Å². The van der Waals surface area contributed by atoms with Crippen LogP contribution < -0.4 is 9.47 Å². The molecule has 0 aromatic heterocycles. The van der Waals surface area contributed by atoms with Gasteiger partial charge >= 0.3 is 0 Å². The molecule has 144 valence electrons. The third-order valence-electron chi connectivity index (χ3n) is 5.36. The van der Waals surface area contributed by atoms with Gasteiger partial charge in [-0.1, -0.05) is 49.6 Å². The first kappa shape index (κ1) is 18.8. The smallest absolute Gasteiger partial charge is 0.120 e. The molecule has 0 atom stereocenters. The molecule has 3 heteroatoms. The van der Waals surface area contributed by atoms with Gasteiger partial charge < -0.3 is 9.47 Å². The van der Waals surface area contributed by atoms with E-state index in [2.05, 4.69) is 43.5 Å². The second-order valence-corrected chi connectivity index (χ2v) is 7.13. The molecule has 0 saturated heterocycles. The highest BCUT2D eigenvalue weighted by Crippen LogP contribution is 2.44. The third kappa shape index (κ3) is 3.62. The molecule has 2 aliphatic carbocycles. The molecule has 0 bridgehead atoms. The Morgan fingerprint density at radius 1 is 0.862 bits per heavy atom. The van der Waals surface area contributed by atoms with Crippen molar-refractivity contribution in [2.75, 3.05) is 13.2 Å². The molecule has 0 spiro atoms. The summed E-state index contributed by atoms with van der Waals surface area (Å²) in [6.45, 7) is 8.33. The van der Waals surface area contributed by atoms with E-state index >= 15 is 0 Å². The highest BCUT2D eigenvalue weighted by Gasteiger charge is 2.29. The van der Waals surface area contributed by atoms with Crippen LogP contribution in [0.2, 0.25) is 0 Å². The number of fused-ring (bicyclic) bond motifs is 2. The summed E-state index contributed by atoms with van der Waals surface area (Å²) in [6.07, 6.45) is 9.49. The SMILES string of the molecule is C=CCOc1ccc2c(c1)C(C(C#N)C1=CCc3ccc(OCC=C)cc31)=CC2. The minimum absolute atomic E-state index is 0.318. The van der Waals surface area contributed by atoms with Gasteiger partial charge in [0.2, 0.25) is 0 Å². The topological polar surface area (TPSA) is 42.2 Å². The summed E-state index contributed by atoms with van der Waals surface area (Å²) in [5.41, 5.74) is 6.78. The van der Waals surface area contributed by atoms with E-state index in [1.54, 1.807) is 12.2 Å². The number of benzene rings is 2. The lowest BCUT2D eigenvalue weighted by atomic mass is 9.86. The molecule has 2 aromatic rings. The van der Waals surface area contributed by atoms with Crippen LogP contribution >= 0.6 is 0 Å². The normalized spacial score (nSPS) is 13.8. The summed E-state index contributed by atoms with van der Waals surface area (Å²) in [7, 11) is 0. The monoisotopic (exact) mass is 381 g/mol. The lowest BCUT2D eigenvalue weighted by Gasteiger charge is -2.17. The number of hydrogen-bond donors (Lipinski definition) is 0. The number of hydrogen-bond acceptors (Lipinski definition) is 3. The van der Waals surface area contributed by atoms with Gasteiger partial charge in [-0.2, -0.15) is 5.26 Å². The highest BCUT2D eigenvalue weighted by molar-refractivity contribution is 5.90. The van der Waals surface area contributed by atoms with Crippen LogP contribution in [-0.2, 0) is 12.8 Å². The standard InChI is InChI=1S/C26H23NO2/c1-3-13-28-20-9-5-18-7-11-22(24(18)15-20)26(17-27)23-12-8-19-6-10-21(16-25(19)23)29-14-4-2/h3-6,9-12,15-16,26H,1-2,7-8,13-14H2. The van der Waals surface area contributed by atoms with Gasteiger partial charge in [-0.3, -0.25) is 0 Å². The Morgan fingerprint density at radius 2 is 1.34 bits per heavy atom. The fourth-order valence-electron chi connectivity index (χ4n) is 4.01. The minimum Gasteiger partial charge on any atom is -0.490 e. The van der Waals surface area contributed by atoms with Gasteiger partial charge in [0.25, 0.3) is 0 Å². The summed E-state index contributed by atoms with van der Waals surface area (Å²) < 4.78 is 11.4. The largest absolute Gasteiger partial charge is 0.490 e. The maximum Gasteiger partial charge on any atom is 0.120 e. The molecule has 0 saturated carbocycles. The molecule has 2 aliphatic rings. The molecule has 0 unspecified atom stereocenters. The van der Waals surface area contributed by atoms with E-state index in [9.17, 15) is 5.26 Å². The van der Waals surface area contributed by atoms with Crippen molar-refractivity contribution < 1.29 is 9.47 Å². The van der Waals surface area contributed by atoms with Crippen LogP contribution in [0.1, 0.15) is 22.3 Å². The highest BCUT2D eigenvalue weighted by atomic mass is 16.5. The van der Waals surface area contributed by atoms with Crippen LogP contribution in [0.5, 0.6) is 11.5 Å². The zero-order valence-electron chi connectivity index (χ0n) is 16.4. The molecule has 0 radical (unpaired) electrons. The Balaban J connectivity index is 1.66. The van der Waals surface area contributed by atoms with Gasteiger partial charge in [0.15, 0.2) is 0 Å². The number of rotatable bonds is 8. The van der Waals surface area contributed by atoms with E-state index < -0.39 is 0 Å². The molecule has 0 N–H and O–H groups in total. The van der Waals surface area contributed by atoms with E-state index in [-0.39, 0.29) is 5.92 Å². The van der Waals surface area contributed by atoms with Gasteiger partial charge in [-0.15, -0.1) is 0 Å². The molecule has 0 fully saturated rings. The first-order chi connectivity index (χ1) is 14.2. The van der Waals surface area contributed by atoms with Crippen LogP contribution in [0.15, 0.2) is 73.9 Å². The Labute approximate surface area is 171 Å². The lowest BCUT2D eigenvalue weighted by Crippen LogP contribution is -2.04. The van der Waals surface area contributed by atoms with Crippen molar-refractivity contribution in [3.63, 3.8) is 0 Å². The molecule has 3 nitrogen and oxygen atoms in total. The molecule has 2 aromatic carbocycles. The van der Waals surface area contributed by atoms with Crippen LogP contribution in [0.4, 0.5) is 0 Å². The van der Waals surface area contributed by atoms with Crippen molar-refractivity contribution in [1.29, 1.82) is 5.26 Å². The summed E-state index contributed by atoms with van der Waals surface area (Å²) in [5, 5.41) is 10.1. The van der Waals surface area contributed by atoms with E-state index in [1.165, 1.54) is 11.1 Å². The first-order valence-electron chi connectivity index (χ1n) is 9.79. The second-order valence-electron chi connectivity index (χ2n) is 7.13. The third-order valence-corrected chi connectivity index (χ3v) is 5.36. The number of allylic oxidation sites excluding steroid dienone is 4. The molecule has 29 heavy (non-hydrogen) atoms. The van der Waals surface area contributed by atoms with Gasteiger partial charge in [0, 0.05) is 0 Å². The molecule has 0 aliphatic heterocycles. The Hall–Kier alpha value is -3.51. The van der Waals surface area contributed by atoms with Gasteiger partial charge in [0.1, 0.15) is 24.7 Å². The summed E-state index contributed by atoms with van der Waals surface area (Å²) in [4.78, 5) is 0. The van der Waals surface area contributed by atoms with Crippen LogP contribution in [0.3, 0.4) is 0 Å². The molecule has 0 heterocycles. The molecular weight excluding hydrogens is 358 g/mol. The summed E-state index contributed by atoms with van der Waals surface area (Å²) in [6, 6.07) is 14.8. The van der Waals surface area contributed by atoms with Crippen LogP contribution in [0.25, 0.3) is 11.1 Å². The Kier molecular flexibility index (Phi) is 5.35. The second kappa shape index (κ2) is 8.24. The predicted molar refractivity (Wildman–Crippen MR) is 117 cm³/mol. The zero-order valence-corrected chi connectivity index (χ0v) is 16.4. The van der Waals surface area contributed by atoms with Gasteiger partial charge in [0.05, 0.1) is 12.0 Å². The van der Waals surface area contributed by atoms with Crippen molar-refractivity contribution in [1.82, 2.24) is 0 Å². The number of nitrogens with zero attached hydrogens (tertiary/aromatic N) is 1. The lowest BCUT2D eigenvalue weighted by molar-refractivity contribution is 0.363. The first-order valence-corrected chi connectivity index (χ1v) is 9.79. The van der Waals surface area contributed by atoms with Gasteiger partial charge in [-0.05, 0) is 70.5 Å². The van der Waals surface area contributed by atoms with Crippen LogP contribution in [-0.4, -0.2) is 13.2 Å². The number of ether oxygens (including phenoxy) is 2. The van der Waals surface area contributed by atoms with E-state index in [0.717, 1.165) is 46.6 Å². The molecular formula is C26H23NO2. The van der Waals surface area contributed by atoms with Crippen molar-refractivity contribution >= 4 is 11.1 Å². The fourth-order valence-corrected chi connectivity index (χ4v) is 4.01. The minimum atomic E-state index is -0.318. The average molecular weight is 381 g/mol. The van der Waals surface area contributed by atoms with Crippen molar-refractivity contribution in [2.45, 2.75) is 12.8 Å². The Morgan fingerprint density at radius 3 is 1.76 bits per heavy atom.